The highest BCUT2D eigenvalue weighted by Gasteiger charge is 2.33. The summed E-state index contributed by atoms with van der Waals surface area (Å²) in [5.74, 6) is -0.306. The minimum Gasteiger partial charge on any atom is -0.494 e. The van der Waals surface area contributed by atoms with E-state index in [1.165, 1.54) is 29.2 Å². The van der Waals surface area contributed by atoms with Crippen LogP contribution in [0.1, 0.15) is 45.7 Å². The van der Waals surface area contributed by atoms with Gasteiger partial charge >= 0.3 is 0 Å². The molecule has 1 atom stereocenters. The highest BCUT2D eigenvalue weighted by Crippen LogP contribution is 2.27. The van der Waals surface area contributed by atoms with Crippen molar-refractivity contribution in [3.05, 3.63) is 88.9 Å². The molecule has 0 bridgehead atoms. The van der Waals surface area contributed by atoms with Crippen LogP contribution in [0.25, 0.3) is 0 Å². The van der Waals surface area contributed by atoms with Crippen LogP contribution in [0.4, 0.5) is 5.69 Å². The maximum atomic E-state index is 14.0. The van der Waals surface area contributed by atoms with Crippen molar-refractivity contribution in [2.45, 2.75) is 64.6 Å². The molecule has 220 valence electrons. The second-order valence-electron chi connectivity index (χ2n) is 10.8. The molecule has 3 rings (SSSR count). The standard InChI is InChI=1S/C31H38ClN3O5S/c1-7-40-27-16-14-26(15-17-27)35(41(38,39)28-18-12-25(32)13-19-28)21-29(36)34(20-24-10-8-22(2)9-11-24)23(3)30(37)33-31(4,5)6/h8-19,23H,7,20-21H2,1-6H3,(H,33,37). The highest BCUT2D eigenvalue weighted by molar-refractivity contribution is 7.92. The van der Waals surface area contributed by atoms with Crippen molar-refractivity contribution in [3.63, 3.8) is 0 Å². The zero-order valence-corrected chi connectivity index (χ0v) is 25.9. The molecule has 0 fully saturated rings. The van der Waals surface area contributed by atoms with Gasteiger partial charge in [-0.15, -0.1) is 0 Å². The van der Waals surface area contributed by atoms with Crippen LogP contribution in [0.5, 0.6) is 5.75 Å². The number of hydrogen-bond donors (Lipinski definition) is 1. The number of aryl methyl sites for hydroxylation is 1. The summed E-state index contributed by atoms with van der Waals surface area (Å²) < 4.78 is 34.4. The number of carbonyl (C=O) groups excluding carboxylic acids is 2. The van der Waals surface area contributed by atoms with Crippen molar-refractivity contribution >= 4 is 39.1 Å². The summed E-state index contributed by atoms with van der Waals surface area (Å²) in [5.41, 5.74) is 1.63. The summed E-state index contributed by atoms with van der Waals surface area (Å²) in [6, 6.07) is 19.0. The van der Waals surface area contributed by atoms with Gasteiger partial charge in [-0.3, -0.25) is 13.9 Å². The molecule has 2 amide bonds. The molecule has 10 heteroatoms. The maximum absolute atomic E-state index is 14.0. The molecule has 1 N–H and O–H groups in total. The van der Waals surface area contributed by atoms with Crippen LogP contribution in [0, 0.1) is 6.92 Å². The first kappa shape index (κ1) is 32.0. The first-order chi connectivity index (χ1) is 19.2. The number of benzene rings is 3. The molecular formula is C31H38ClN3O5S. The summed E-state index contributed by atoms with van der Waals surface area (Å²) in [7, 11) is -4.19. The molecule has 0 spiro atoms. The van der Waals surface area contributed by atoms with E-state index >= 15 is 0 Å². The van der Waals surface area contributed by atoms with Crippen molar-refractivity contribution in [2.75, 3.05) is 17.5 Å². The van der Waals surface area contributed by atoms with Crippen molar-refractivity contribution in [3.8, 4) is 5.75 Å². The number of rotatable bonds is 11. The van der Waals surface area contributed by atoms with E-state index in [0.29, 0.717) is 17.4 Å². The van der Waals surface area contributed by atoms with Crippen LogP contribution >= 0.6 is 11.6 Å². The summed E-state index contributed by atoms with van der Waals surface area (Å²) >= 11 is 6.01. The lowest BCUT2D eigenvalue weighted by Gasteiger charge is -2.33. The number of sulfonamides is 1. The van der Waals surface area contributed by atoms with E-state index in [2.05, 4.69) is 5.32 Å². The highest BCUT2D eigenvalue weighted by atomic mass is 35.5. The van der Waals surface area contributed by atoms with Gasteiger partial charge in [0.05, 0.1) is 17.2 Å². The Kier molecular flexibility index (Phi) is 10.4. The SMILES string of the molecule is CCOc1ccc(N(CC(=O)N(Cc2ccc(C)cc2)C(C)C(=O)NC(C)(C)C)S(=O)(=O)c2ccc(Cl)cc2)cc1. The van der Waals surface area contributed by atoms with Gasteiger partial charge in [-0.25, -0.2) is 8.42 Å². The summed E-state index contributed by atoms with van der Waals surface area (Å²) in [4.78, 5) is 28.6. The minimum atomic E-state index is -4.19. The first-order valence-electron chi connectivity index (χ1n) is 13.4. The first-order valence-corrected chi connectivity index (χ1v) is 15.2. The largest absolute Gasteiger partial charge is 0.494 e. The van der Waals surface area contributed by atoms with E-state index in [1.807, 2.05) is 58.9 Å². The molecule has 3 aromatic carbocycles. The fraction of sp³-hybridized carbons (Fsp3) is 0.355. The number of anilines is 1. The minimum absolute atomic E-state index is 0.0211. The van der Waals surface area contributed by atoms with Gasteiger partial charge in [0.15, 0.2) is 0 Å². The van der Waals surface area contributed by atoms with Gasteiger partial charge in [-0.2, -0.15) is 0 Å². The molecule has 8 nitrogen and oxygen atoms in total. The Morgan fingerprint density at radius 1 is 0.951 bits per heavy atom. The zero-order valence-electron chi connectivity index (χ0n) is 24.3. The van der Waals surface area contributed by atoms with Crippen LogP contribution in [-0.4, -0.2) is 49.9 Å². The third kappa shape index (κ3) is 8.71. The van der Waals surface area contributed by atoms with Gasteiger partial charge in [0, 0.05) is 17.1 Å². The summed E-state index contributed by atoms with van der Waals surface area (Å²) in [5, 5.41) is 3.31. The molecule has 3 aromatic rings. The normalized spacial score (nSPS) is 12.4. The second kappa shape index (κ2) is 13.4. The lowest BCUT2D eigenvalue weighted by atomic mass is 10.1. The molecule has 0 radical (unpaired) electrons. The zero-order chi connectivity index (χ0) is 30.4. The van der Waals surface area contributed by atoms with Gasteiger partial charge < -0.3 is 15.0 Å². The number of hydrogen-bond acceptors (Lipinski definition) is 5. The Morgan fingerprint density at radius 2 is 1.54 bits per heavy atom. The van der Waals surface area contributed by atoms with E-state index in [4.69, 9.17) is 16.3 Å². The number of ether oxygens (including phenoxy) is 1. The number of nitrogens with one attached hydrogen (secondary N) is 1. The molecule has 0 saturated heterocycles. The van der Waals surface area contributed by atoms with Crippen LogP contribution in [0.15, 0.2) is 77.7 Å². The third-order valence-corrected chi connectivity index (χ3v) is 8.30. The van der Waals surface area contributed by atoms with E-state index in [9.17, 15) is 18.0 Å². The van der Waals surface area contributed by atoms with Crippen molar-refractivity contribution < 1.29 is 22.7 Å². The Balaban J connectivity index is 2.03. The molecule has 0 aromatic heterocycles. The van der Waals surface area contributed by atoms with E-state index in [1.54, 1.807) is 31.2 Å². The Hall–Kier alpha value is -3.56. The molecule has 0 aliphatic rings. The van der Waals surface area contributed by atoms with Crippen molar-refractivity contribution in [1.29, 1.82) is 0 Å². The van der Waals surface area contributed by atoms with Crippen LogP contribution in [0.2, 0.25) is 5.02 Å². The molecule has 0 aliphatic carbocycles. The Bertz CT molecular complexity index is 1440. The van der Waals surface area contributed by atoms with Gasteiger partial charge in [0.1, 0.15) is 18.3 Å². The van der Waals surface area contributed by atoms with Crippen LogP contribution in [0.3, 0.4) is 0 Å². The Labute approximate surface area is 248 Å². The van der Waals surface area contributed by atoms with E-state index in [0.717, 1.165) is 15.4 Å². The topological polar surface area (TPSA) is 96.0 Å². The van der Waals surface area contributed by atoms with Crippen molar-refractivity contribution in [1.82, 2.24) is 10.2 Å². The van der Waals surface area contributed by atoms with E-state index < -0.39 is 34.1 Å². The molecule has 0 saturated carbocycles. The van der Waals surface area contributed by atoms with Crippen molar-refractivity contribution in [2.24, 2.45) is 0 Å². The summed E-state index contributed by atoms with van der Waals surface area (Å²) in [6.07, 6.45) is 0. The summed E-state index contributed by atoms with van der Waals surface area (Å²) in [6.45, 7) is 11.1. The van der Waals surface area contributed by atoms with Crippen LogP contribution < -0.4 is 14.4 Å². The lowest BCUT2D eigenvalue weighted by Crippen LogP contribution is -2.54. The number of carbonyl (C=O) groups is 2. The quantitative estimate of drug-likeness (QED) is 0.311. The Morgan fingerprint density at radius 3 is 2.07 bits per heavy atom. The van der Waals surface area contributed by atoms with Gasteiger partial charge in [0.25, 0.3) is 10.0 Å². The average Bonchev–Trinajstić information content (AvgIpc) is 2.91. The fourth-order valence-corrected chi connectivity index (χ4v) is 5.62. The fourth-order valence-electron chi connectivity index (χ4n) is 4.08. The molecule has 0 heterocycles. The predicted octanol–water partition coefficient (Wildman–Crippen LogP) is 5.57. The number of amides is 2. The lowest BCUT2D eigenvalue weighted by molar-refractivity contribution is -0.140. The monoisotopic (exact) mass is 599 g/mol. The van der Waals surface area contributed by atoms with Crippen LogP contribution in [-0.2, 0) is 26.2 Å². The predicted molar refractivity (Wildman–Crippen MR) is 163 cm³/mol. The molecule has 41 heavy (non-hydrogen) atoms. The number of halogens is 1. The maximum Gasteiger partial charge on any atom is 0.264 e. The van der Waals surface area contributed by atoms with Gasteiger partial charge in [-0.05, 0) is 95.6 Å². The van der Waals surface area contributed by atoms with Gasteiger partial charge in [0.2, 0.25) is 11.8 Å². The number of nitrogens with zero attached hydrogens (tertiary/aromatic N) is 2. The van der Waals surface area contributed by atoms with E-state index in [-0.39, 0.29) is 23.0 Å². The average molecular weight is 600 g/mol. The molecule has 0 aliphatic heterocycles. The molecular weight excluding hydrogens is 562 g/mol. The molecule has 1 unspecified atom stereocenters. The smallest absolute Gasteiger partial charge is 0.264 e. The third-order valence-electron chi connectivity index (χ3n) is 6.26. The second-order valence-corrected chi connectivity index (χ2v) is 13.1. The van der Waals surface area contributed by atoms with Gasteiger partial charge in [-0.1, -0.05) is 41.4 Å².